The Hall–Kier alpha value is -2.16. The Morgan fingerprint density at radius 3 is 1.85 bits per heavy atom. The number of Topliss-reactive ketones (excluding diaryl/α,β-unsaturated/α-hetero) is 2. The molecule has 8 nitrogen and oxygen atoms in total. The summed E-state index contributed by atoms with van der Waals surface area (Å²) >= 11 is 1.19. The predicted octanol–water partition coefficient (Wildman–Crippen LogP) is 0.807. The van der Waals surface area contributed by atoms with Crippen LogP contribution in [0.3, 0.4) is 0 Å². The van der Waals surface area contributed by atoms with Gasteiger partial charge in [0.1, 0.15) is 5.54 Å². The molecular formula is C18H27N3O5S. The fraction of sp³-hybridized carbons (Fsp3) is 0.611. The molecule has 3 fully saturated rings. The van der Waals surface area contributed by atoms with E-state index in [1.807, 2.05) is 13.8 Å². The summed E-state index contributed by atoms with van der Waals surface area (Å²) in [4.78, 5) is 53.4. The number of hydrogen-bond donors (Lipinski definition) is 3. The first-order chi connectivity index (χ1) is 12.5. The van der Waals surface area contributed by atoms with Crippen LogP contribution in [0, 0.1) is 0 Å². The Kier molecular flexibility index (Phi) is 8.20. The molecule has 2 amide bonds. The van der Waals surface area contributed by atoms with Crippen LogP contribution in [-0.4, -0.2) is 45.3 Å². The Labute approximate surface area is 163 Å². The second-order valence-corrected chi connectivity index (χ2v) is 8.14. The van der Waals surface area contributed by atoms with Gasteiger partial charge in [-0.3, -0.25) is 24.0 Å². The maximum atomic E-state index is 10.9. The van der Waals surface area contributed by atoms with Gasteiger partial charge >= 0.3 is 0 Å². The fourth-order valence-electron chi connectivity index (χ4n) is 2.53. The highest BCUT2D eigenvalue weighted by Gasteiger charge is 2.33. The third-order valence-electron chi connectivity index (χ3n) is 4.08. The molecule has 3 aliphatic rings. The molecule has 150 valence electrons. The molecule has 3 aliphatic heterocycles. The first kappa shape index (κ1) is 22.9. The van der Waals surface area contributed by atoms with E-state index >= 15 is 0 Å². The van der Waals surface area contributed by atoms with Crippen molar-refractivity contribution in [2.75, 3.05) is 0 Å². The highest BCUT2D eigenvalue weighted by Crippen LogP contribution is 2.26. The van der Waals surface area contributed by atoms with Crippen molar-refractivity contribution >= 4 is 40.3 Å². The lowest BCUT2D eigenvalue weighted by Crippen LogP contribution is -2.39. The summed E-state index contributed by atoms with van der Waals surface area (Å²) in [5, 5.41) is 8.02. The summed E-state index contributed by atoms with van der Waals surface area (Å²) in [5.41, 5.74) is -0.475. The molecule has 0 bridgehead atoms. The molecule has 0 radical (unpaired) electrons. The standard InChI is InChI=1S/C6H10N2O.C6H9NO2.C6H8O2S/c1-4-7-5(9)6(2,3)8-4;1-2-4-5(8)3-6(9)7-4;1-2-5-4(7)3-6(8)9-5/h8H,1H2,2-3H3,(H,7,9);4H,2-3H2,1H3,(H,7,9);5H,2-3H2,1H3. The summed E-state index contributed by atoms with van der Waals surface area (Å²) < 4.78 is 0. The van der Waals surface area contributed by atoms with Crippen molar-refractivity contribution in [1.29, 1.82) is 0 Å². The number of hydrogen-bond acceptors (Lipinski definition) is 7. The second-order valence-electron chi connectivity index (χ2n) is 6.88. The van der Waals surface area contributed by atoms with E-state index in [0.29, 0.717) is 12.2 Å². The van der Waals surface area contributed by atoms with E-state index < -0.39 is 5.54 Å². The summed E-state index contributed by atoms with van der Waals surface area (Å²) in [7, 11) is 0. The van der Waals surface area contributed by atoms with Crippen molar-refractivity contribution in [3.63, 3.8) is 0 Å². The minimum Gasteiger partial charge on any atom is -0.358 e. The maximum Gasteiger partial charge on any atom is 0.250 e. The molecular weight excluding hydrogens is 370 g/mol. The molecule has 27 heavy (non-hydrogen) atoms. The third kappa shape index (κ3) is 6.82. The van der Waals surface area contributed by atoms with Gasteiger partial charge in [0.15, 0.2) is 16.7 Å². The first-order valence-corrected chi connectivity index (χ1v) is 9.70. The number of nitrogens with one attached hydrogen (secondary N) is 3. The quantitative estimate of drug-likeness (QED) is 0.589. The van der Waals surface area contributed by atoms with E-state index in [1.165, 1.54) is 11.8 Å². The first-order valence-electron chi connectivity index (χ1n) is 8.82. The fourth-order valence-corrected chi connectivity index (χ4v) is 3.45. The molecule has 3 N–H and O–H groups in total. The van der Waals surface area contributed by atoms with E-state index in [4.69, 9.17) is 0 Å². The summed E-state index contributed by atoms with van der Waals surface area (Å²) in [6.07, 6.45) is 1.74. The third-order valence-corrected chi connectivity index (χ3v) is 5.37. The van der Waals surface area contributed by atoms with Crippen LogP contribution in [0.1, 0.15) is 53.4 Å². The molecule has 0 aromatic carbocycles. The van der Waals surface area contributed by atoms with Crippen LogP contribution in [0.25, 0.3) is 0 Å². The molecule has 0 aliphatic carbocycles. The molecule has 2 unspecified atom stereocenters. The molecule has 3 rings (SSSR count). The summed E-state index contributed by atoms with van der Waals surface area (Å²) in [6.45, 7) is 11.0. The smallest absolute Gasteiger partial charge is 0.250 e. The van der Waals surface area contributed by atoms with Gasteiger partial charge in [-0.15, -0.1) is 0 Å². The molecule has 0 aromatic rings. The average molecular weight is 397 g/mol. The van der Waals surface area contributed by atoms with E-state index in [-0.39, 0.29) is 52.6 Å². The van der Waals surface area contributed by atoms with Crippen molar-refractivity contribution < 1.29 is 24.0 Å². The van der Waals surface area contributed by atoms with Crippen molar-refractivity contribution in [2.24, 2.45) is 0 Å². The molecule has 0 aromatic heterocycles. The van der Waals surface area contributed by atoms with E-state index in [0.717, 1.165) is 6.42 Å². The number of ketones is 2. The lowest BCUT2D eigenvalue weighted by Gasteiger charge is -2.12. The topological polar surface area (TPSA) is 121 Å². The second kappa shape index (κ2) is 9.68. The molecule has 3 heterocycles. The summed E-state index contributed by atoms with van der Waals surface area (Å²) in [6, 6.07) is -0.197. The van der Waals surface area contributed by atoms with E-state index in [1.54, 1.807) is 13.8 Å². The Morgan fingerprint density at radius 2 is 1.67 bits per heavy atom. The van der Waals surface area contributed by atoms with Crippen LogP contribution < -0.4 is 16.0 Å². The number of rotatable bonds is 2. The van der Waals surface area contributed by atoms with Crippen LogP contribution in [0.15, 0.2) is 12.4 Å². The Balaban J connectivity index is 0.000000202. The van der Waals surface area contributed by atoms with Gasteiger partial charge in [0, 0.05) is 0 Å². The zero-order valence-corrected chi connectivity index (χ0v) is 17.0. The highest BCUT2D eigenvalue weighted by molar-refractivity contribution is 8.15. The molecule has 0 spiro atoms. The van der Waals surface area contributed by atoms with Gasteiger partial charge in [-0.2, -0.15) is 0 Å². The zero-order valence-electron chi connectivity index (χ0n) is 16.1. The SMILES string of the molecule is C=C1NC(=O)C(C)(C)N1.CCC1NC(=O)CC1=O.CCC1SC(=O)CC1=O. The van der Waals surface area contributed by atoms with E-state index in [2.05, 4.69) is 22.5 Å². The Morgan fingerprint density at radius 1 is 1.04 bits per heavy atom. The van der Waals surface area contributed by atoms with Gasteiger partial charge < -0.3 is 16.0 Å². The number of carbonyl (C=O) groups excluding carboxylic acids is 5. The number of amides is 2. The van der Waals surface area contributed by atoms with Gasteiger partial charge in [-0.05, 0) is 26.7 Å². The minimum absolute atomic E-state index is 0.0208. The van der Waals surface area contributed by atoms with Crippen molar-refractivity contribution in [2.45, 2.75) is 70.2 Å². The monoisotopic (exact) mass is 397 g/mol. The maximum absolute atomic E-state index is 10.9. The van der Waals surface area contributed by atoms with Crippen molar-refractivity contribution in [3.05, 3.63) is 12.4 Å². The van der Waals surface area contributed by atoms with Gasteiger partial charge in [0.25, 0.3) is 5.91 Å². The predicted molar refractivity (Wildman–Crippen MR) is 103 cm³/mol. The van der Waals surface area contributed by atoms with Gasteiger partial charge in [0.2, 0.25) is 5.91 Å². The van der Waals surface area contributed by atoms with Crippen molar-refractivity contribution in [3.8, 4) is 0 Å². The molecule has 3 saturated heterocycles. The van der Waals surface area contributed by atoms with E-state index in [9.17, 15) is 24.0 Å². The minimum atomic E-state index is -0.475. The van der Waals surface area contributed by atoms with Crippen LogP contribution in [0.2, 0.25) is 0 Å². The lowest BCUT2D eigenvalue weighted by molar-refractivity contribution is -0.123. The Bertz CT molecular complexity index is 623. The van der Waals surface area contributed by atoms with Crippen LogP contribution in [-0.2, 0) is 24.0 Å². The largest absolute Gasteiger partial charge is 0.358 e. The van der Waals surface area contributed by atoms with Crippen molar-refractivity contribution in [1.82, 2.24) is 16.0 Å². The molecule has 0 saturated carbocycles. The summed E-state index contributed by atoms with van der Waals surface area (Å²) in [5.74, 6) is 0.569. The molecule has 9 heteroatoms. The average Bonchev–Trinajstić information content (AvgIpc) is 3.14. The number of carbonyl (C=O) groups is 5. The molecule has 2 atom stereocenters. The normalized spacial score (nSPS) is 25.8. The van der Waals surface area contributed by atoms with Gasteiger partial charge in [0.05, 0.1) is 30.0 Å². The number of thioether (sulfide) groups is 1. The van der Waals surface area contributed by atoms with Gasteiger partial charge in [-0.1, -0.05) is 32.2 Å². The van der Waals surface area contributed by atoms with Gasteiger partial charge in [-0.25, -0.2) is 0 Å². The zero-order chi connectivity index (χ0) is 20.8. The van der Waals surface area contributed by atoms with Crippen LogP contribution in [0.4, 0.5) is 0 Å². The lowest BCUT2D eigenvalue weighted by atomic mass is 10.1. The van der Waals surface area contributed by atoms with Crippen LogP contribution in [0.5, 0.6) is 0 Å². The highest BCUT2D eigenvalue weighted by atomic mass is 32.2. The van der Waals surface area contributed by atoms with Crippen LogP contribution >= 0.6 is 11.8 Å².